The number of hydrogen-bond donors (Lipinski definition) is 2. The quantitative estimate of drug-likeness (QED) is 0.509. The Balaban J connectivity index is 1.50. The Morgan fingerprint density at radius 2 is 1.87 bits per heavy atom. The Morgan fingerprint density at radius 3 is 2.57 bits per heavy atom. The third-order valence-electron chi connectivity index (χ3n) is 4.82. The van der Waals surface area contributed by atoms with E-state index in [1.165, 1.54) is 10.2 Å². The first-order chi connectivity index (χ1) is 14.5. The molecule has 8 heteroatoms. The molecule has 8 nitrogen and oxygen atoms in total. The van der Waals surface area contributed by atoms with E-state index >= 15 is 0 Å². The maximum Gasteiger partial charge on any atom is 0.280 e. The van der Waals surface area contributed by atoms with Gasteiger partial charge >= 0.3 is 0 Å². The second-order valence-electron chi connectivity index (χ2n) is 6.87. The molecule has 0 aliphatic heterocycles. The van der Waals surface area contributed by atoms with Crippen LogP contribution in [0.2, 0.25) is 0 Å². The van der Waals surface area contributed by atoms with Gasteiger partial charge in [0, 0.05) is 11.3 Å². The highest BCUT2D eigenvalue weighted by molar-refractivity contribution is 6.05. The minimum Gasteiger partial charge on any atom is -0.441 e. The van der Waals surface area contributed by atoms with Crippen molar-refractivity contribution in [3.05, 3.63) is 77.3 Å². The van der Waals surface area contributed by atoms with Crippen LogP contribution in [-0.2, 0) is 13.0 Å². The van der Waals surface area contributed by atoms with E-state index in [1.54, 1.807) is 0 Å². The number of nitrogen functional groups attached to an aromatic ring is 1. The summed E-state index contributed by atoms with van der Waals surface area (Å²) in [5.41, 5.74) is 9.63. The Bertz CT molecular complexity index is 1160. The summed E-state index contributed by atoms with van der Waals surface area (Å²) in [4.78, 5) is 17.1. The van der Waals surface area contributed by atoms with Gasteiger partial charge in [0.2, 0.25) is 5.89 Å². The van der Waals surface area contributed by atoms with Crippen LogP contribution in [0.25, 0.3) is 11.5 Å². The molecule has 152 valence electrons. The molecule has 0 aliphatic carbocycles. The zero-order chi connectivity index (χ0) is 21.1. The van der Waals surface area contributed by atoms with E-state index in [0.717, 1.165) is 12.0 Å². The first-order valence-corrected chi connectivity index (χ1v) is 9.66. The van der Waals surface area contributed by atoms with E-state index in [9.17, 15) is 4.79 Å². The van der Waals surface area contributed by atoms with Crippen molar-refractivity contribution in [2.24, 2.45) is 0 Å². The van der Waals surface area contributed by atoms with E-state index in [-0.39, 0.29) is 18.1 Å². The number of carbonyl (C=O) groups is 1. The summed E-state index contributed by atoms with van der Waals surface area (Å²) in [5.74, 6) is 0.937. The predicted molar refractivity (Wildman–Crippen MR) is 114 cm³/mol. The smallest absolute Gasteiger partial charge is 0.280 e. The number of aromatic nitrogens is 4. The van der Waals surface area contributed by atoms with E-state index in [0.29, 0.717) is 23.0 Å². The molecule has 30 heavy (non-hydrogen) atoms. The lowest BCUT2D eigenvalue weighted by atomic mass is 10.1. The average molecular weight is 402 g/mol. The van der Waals surface area contributed by atoms with Gasteiger partial charge in [-0.05, 0) is 43.2 Å². The summed E-state index contributed by atoms with van der Waals surface area (Å²) in [5, 5.41) is 10.8. The SMILES string of the molecule is CCc1ccc(NC(=O)c2nnn(Cc3nc(-c4ccccc4)oc3C)c2N)cc1. The molecule has 2 aromatic heterocycles. The van der Waals surface area contributed by atoms with Crippen LogP contribution in [-0.4, -0.2) is 25.9 Å². The Kier molecular flexibility index (Phi) is 5.30. The van der Waals surface area contributed by atoms with Crippen LogP contribution in [0.4, 0.5) is 11.5 Å². The van der Waals surface area contributed by atoms with E-state index in [4.69, 9.17) is 10.2 Å². The average Bonchev–Trinajstić information content (AvgIpc) is 3.32. The summed E-state index contributed by atoms with van der Waals surface area (Å²) in [7, 11) is 0. The molecule has 2 heterocycles. The molecule has 4 rings (SSSR count). The zero-order valence-electron chi connectivity index (χ0n) is 16.8. The first kappa shape index (κ1) is 19.4. The number of carbonyl (C=O) groups excluding carboxylic acids is 1. The van der Waals surface area contributed by atoms with Gasteiger partial charge in [-0.2, -0.15) is 0 Å². The normalized spacial score (nSPS) is 10.9. The molecule has 0 fully saturated rings. The first-order valence-electron chi connectivity index (χ1n) is 9.66. The van der Waals surface area contributed by atoms with Crippen LogP contribution in [0.5, 0.6) is 0 Å². The van der Waals surface area contributed by atoms with Gasteiger partial charge in [-0.25, -0.2) is 9.67 Å². The highest BCUT2D eigenvalue weighted by Crippen LogP contribution is 2.23. The number of hydrogen-bond acceptors (Lipinski definition) is 6. The van der Waals surface area contributed by atoms with Crippen molar-refractivity contribution in [2.75, 3.05) is 11.1 Å². The molecule has 0 saturated carbocycles. The van der Waals surface area contributed by atoms with Gasteiger partial charge in [-0.15, -0.1) is 5.10 Å². The lowest BCUT2D eigenvalue weighted by Crippen LogP contribution is -2.15. The number of rotatable bonds is 6. The Hall–Kier alpha value is -3.94. The second kappa shape index (κ2) is 8.20. The second-order valence-corrected chi connectivity index (χ2v) is 6.87. The van der Waals surface area contributed by atoms with Crippen LogP contribution >= 0.6 is 0 Å². The number of aryl methyl sites for hydroxylation is 2. The van der Waals surface area contributed by atoms with Crippen molar-refractivity contribution < 1.29 is 9.21 Å². The predicted octanol–water partition coefficient (Wildman–Crippen LogP) is 3.69. The molecule has 0 spiro atoms. The third-order valence-corrected chi connectivity index (χ3v) is 4.82. The van der Waals surface area contributed by atoms with E-state index < -0.39 is 5.91 Å². The van der Waals surface area contributed by atoms with Crippen LogP contribution in [0.15, 0.2) is 59.0 Å². The number of anilines is 2. The highest BCUT2D eigenvalue weighted by atomic mass is 16.4. The monoisotopic (exact) mass is 402 g/mol. The zero-order valence-corrected chi connectivity index (χ0v) is 16.8. The minimum atomic E-state index is -0.412. The fourth-order valence-electron chi connectivity index (χ4n) is 3.03. The molecular weight excluding hydrogens is 380 g/mol. The summed E-state index contributed by atoms with van der Waals surface area (Å²) >= 11 is 0. The van der Waals surface area contributed by atoms with Gasteiger partial charge in [0.1, 0.15) is 11.5 Å². The number of benzene rings is 2. The molecule has 3 N–H and O–H groups in total. The Morgan fingerprint density at radius 1 is 1.13 bits per heavy atom. The maximum atomic E-state index is 12.6. The number of nitrogens with two attached hydrogens (primary N) is 1. The third kappa shape index (κ3) is 3.93. The molecule has 0 bridgehead atoms. The Labute approximate surface area is 173 Å². The largest absolute Gasteiger partial charge is 0.441 e. The number of oxazole rings is 1. The van der Waals surface area contributed by atoms with Crippen LogP contribution < -0.4 is 11.1 Å². The molecule has 0 unspecified atom stereocenters. The van der Waals surface area contributed by atoms with Gasteiger partial charge in [0.25, 0.3) is 5.91 Å². The van der Waals surface area contributed by atoms with Crippen molar-refractivity contribution in [3.63, 3.8) is 0 Å². The van der Waals surface area contributed by atoms with Crippen molar-refractivity contribution >= 4 is 17.4 Å². The van der Waals surface area contributed by atoms with Gasteiger partial charge in [0.05, 0.1) is 6.54 Å². The van der Waals surface area contributed by atoms with Gasteiger partial charge in [-0.3, -0.25) is 4.79 Å². The highest BCUT2D eigenvalue weighted by Gasteiger charge is 2.20. The molecule has 0 aliphatic rings. The van der Waals surface area contributed by atoms with E-state index in [1.807, 2.05) is 61.5 Å². The summed E-state index contributed by atoms with van der Waals surface area (Å²) in [6.07, 6.45) is 0.933. The van der Waals surface area contributed by atoms with Crippen molar-refractivity contribution in [1.82, 2.24) is 20.0 Å². The standard InChI is InChI=1S/C22H22N6O2/c1-3-15-9-11-17(12-10-15)24-21(29)19-20(23)28(27-26-19)13-18-14(2)30-22(25-18)16-7-5-4-6-8-16/h4-12H,3,13,23H2,1-2H3,(H,24,29). The maximum absolute atomic E-state index is 12.6. The van der Waals surface area contributed by atoms with Crippen LogP contribution in [0, 0.1) is 6.92 Å². The topological polar surface area (TPSA) is 112 Å². The lowest BCUT2D eigenvalue weighted by Gasteiger charge is -2.05. The van der Waals surface area contributed by atoms with Crippen molar-refractivity contribution in [1.29, 1.82) is 0 Å². The molecule has 2 aromatic carbocycles. The molecular formula is C22H22N6O2. The molecule has 1 amide bonds. The molecule has 0 saturated heterocycles. The lowest BCUT2D eigenvalue weighted by molar-refractivity contribution is 0.102. The van der Waals surface area contributed by atoms with Crippen LogP contribution in [0.3, 0.4) is 0 Å². The van der Waals surface area contributed by atoms with Gasteiger partial charge < -0.3 is 15.5 Å². The van der Waals surface area contributed by atoms with Crippen molar-refractivity contribution in [3.8, 4) is 11.5 Å². The van der Waals surface area contributed by atoms with Crippen LogP contribution in [0.1, 0.15) is 34.4 Å². The molecule has 0 atom stereocenters. The molecule has 4 aromatic rings. The number of nitrogens with one attached hydrogen (secondary N) is 1. The van der Waals surface area contributed by atoms with Gasteiger partial charge in [0.15, 0.2) is 11.5 Å². The summed E-state index contributed by atoms with van der Waals surface area (Å²) < 4.78 is 7.21. The van der Waals surface area contributed by atoms with Gasteiger partial charge in [-0.1, -0.05) is 42.5 Å². The molecule has 0 radical (unpaired) electrons. The van der Waals surface area contributed by atoms with Crippen molar-refractivity contribution in [2.45, 2.75) is 26.8 Å². The number of amides is 1. The minimum absolute atomic E-state index is 0.0685. The fourth-order valence-corrected chi connectivity index (χ4v) is 3.03. The summed E-state index contributed by atoms with van der Waals surface area (Å²) in [6.45, 7) is 4.15. The number of nitrogens with zero attached hydrogens (tertiary/aromatic N) is 4. The van der Waals surface area contributed by atoms with E-state index in [2.05, 4.69) is 27.5 Å². The summed E-state index contributed by atoms with van der Waals surface area (Å²) in [6, 6.07) is 17.3. The fraction of sp³-hybridized carbons (Fsp3) is 0.182.